The second-order valence-electron chi connectivity index (χ2n) is 4.97. The Morgan fingerprint density at radius 1 is 1.14 bits per heavy atom. The van der Waals surface area contributed by atoms with Crippen LogP contribution in [-0.2, 0) is 16.4 Å². The minimum absolute atomic E-state index is 0.235. The van der Waals surface area contributed by atoms with Gasteiger partial charge < -0.3 is 0 Å². The number of benzene rings is 2. The van der Waals surface area contributed by atoms with Crippen molar-refractivity contribution < 1.29 is 17.2 Å². The number of rotatable bonds is 2. The summed E-state index contributed by atoms with van der Waals surface area (Å²) in [6.45, 7) is 2.14. The number of sulfonamides is 1. The average molecular weight is 309 g/mol. The molecule has 0 radical (unpaired) electrons. The second kappa shape index (κ2) is 4.80. The molecule has 2 aromatic carbocycles. The highest BCUT2D eigenvalue weighted by atomic mass is 32.2. The Kier molecular flexibility index (Phi) is 3.20. The van der Waals surface area contributed by atoms with Gasteiger partial charge in [0.15, 0.2) is 0 Å². The van der Waals surface area contributed by atoms with Gasteiger partial charge in [-0.05, 0) is 48.7 Å². The molecule has 0 amide bonds. The molecule has 110 valence electrons. The maximum Gasteiger partial charge on any atom is 0.267 e. The second-order valence-corrected chi connectivity index (χ2v) is 6.81. The molecule has 3 nitrogen and oxygen atoms in total. The van der Waals surface area contributed by atoms with Crippen LogP contribution in [0.5, 0.6) is 0 Å². The zero-order valence-corrected chi connectivity index (χ0v) is 12.1. The van der Waals surface area contributed by atoms with Gasteiger partial charge in [-0.1, -0.05) is 12.1 Å². The first-order valence-electron chi connectivity index (χ1n) is 6.47. The molecule has 0 aromatic heterocycles. The molecule has 1 heterocycles. The smallest absolute Gasteiger partial charge is 0.266 e. The fourth-order valence-electron chi connectivity index (χ4n) is 2.62. The van der Waals surface area contributed by atoms with E-state index in [1.54, 1.807) is 12.1 Å². The molecule has 1 aliphatic rings. The van der Waals surface area contributed by atoms with Crippen LogP contribution in [0.1, 0.15) is 11.1 Å². The zero-order valence-electron chi connectivity index (χ0n) is 11.3. The van der Waals surface area contributed by atoms with Gasteiger partial charge in [-0.25, -0.2) is 17.2 Å². The van der Waals surface area contributed by atoms with E-state index in [0.717, 1.165) is 33.6 Å². The Bertz CT molecular complexity index is 818. The zero-order chi connectivity index (χ0) is 15.2. The van der Waals surface area contributed by atoms with Crippen molar-refractivity contribution in [2.45, 2.75) is 18.2 Å². The van der Waals surface area contributed by atoms with Gasteiger partial charge in [-0.15, -0.1) is 0 Å². The Labute approximate surface area is 121 Å². The number of aryl methyl sites for hydroxylation is 1. The van der Waals surface area contributed by atoms with Gasteiger partial charge in [-0.2, -0.15) is 0 Å². The fourth-order valence-corrected chi connectivity index (χ4v) is 4.20. The van der Waals surface area contributed by atoms with E-state index in [-0.39, 0.29) is 6.54 Å². The van der Waals surface area contributed by atoms with Crippen LogP contribution in [0.4, 0.5) is 14.5 Å². The van der Waals surface area contributed by atoms with Crippen molar-refractivity contribution in [3.8, 4) is 0 Å². The van der Waals surface area contributed by atoms with Gasteiger partial charge in [0.05, 0.1) is 5.69 Å². The van der Waals surface area contributed by atoms with E-state index >= 15 is 0 Å². The predicted molar refractivity (Wildman–Crippen MR) is 75.8 cm³/mol. The molecule has 1 aliphatic heterocycles. The molecular formula is C15H13F2NO2S. The molecule has 0 N–H and O–H groups in total. The summed E-state index contributed by atoms with van der Waals surface area (Å²) in [6, 6.07) is 7.79. The van der Waals surface area contributed by atoms with Crippen molar-refractivity contribution in [3.63, 3.8) is 0 Å². The highest BCUT2D eigenvalue weighted by molar-refractivity contribution is 7.92. The van der Waals surface area contributed by atoms with Crippen molar-refractivity contribution in [1.82, 2.24) is 0 Å². The normalized spacial score (nSPS) is 14.3. The largest absolute Gasteiger partial charge is 0.267 e. The maximum absolute atomic E-state index is 13.8. The van der Waals surface area contributed by atoms with Crippen LogP contribution in [-0.4, -0.2) is 15.0 Å². The van der Waals surface area contributed by atoms with Crippen LogP contribution in [0, 0.1) is 18.6 Å². The van der Waals surface area contributed by atoms with Gasteiger partial charge in [0.2, 0.25) is 0 Å². The SMILES string of the molecule is Cc1cccc2c1CCN2S(=O)(=O)c1cc(F)ccc1F. The van der Waals surface area contributed by atoms with Crippen molar-refractivity contribution in [2.24, 2.45) is 0 Å². The predicted octanol–water partition coefficient (Wildman–Crippen LogP) is 3.02. The molecular weight excluding hydrogens is 296 g/mol. The number of nitrogens with zero attached hydrogens (tertiary/aromatic N) is 1. The molecule has 0 spiro atoms. The van der Waals surface area contributed by atoms with E-state index in [2.05, 4.69) is 0 Å². The summed E-state index contributed by atoms with van der Waals surface area (Å²) in [4.78, 5) is -0.628. The molecule has 21 heavy (non-hydrogen) atoms. The minimum atomic E-state index is -4.10. The van der Waals surface area contributed by atoms with E-state index in [1.807, 2.05) is 13.0 Å². The highest BCUT2D eigenvalue weighted by Crippen LogP contribution is 2.35. The van der Waals surface area contributed by atoms with Gasteiger partial charge in [0.25, 0.3) is 10.0 Å². The van der Waals surface area contributed by atoms with E-state index in [0.29, 0.717) is 12.1 Å². The number of hydrogen-bond donors (Lipinski definition) is 0. The number of halogens is 2. The summed E-state index contributed by atoms with van der Waals surface area (Å²) in [5.41, 5.74) is 2.46. The van der Waals surface area contributed by atoms with Gasteiger partial charge in [-0.3, -0.25) is 4.31 Å². The first-order chi connectivity index (χ1) is 9.91. The summed E-state index contributed by atoms with van der Waals surface area (Å²) < 4.78 is 53.4. The van der Waals surface area contributed by atoms with Crippen molar-refractivity contribution in [1.29, 1.82) is 0 Å². The van der Waals surface area contributed by atoms with Crippen LogP contribution < -0.4 is 4.31 Å². The highest BCUT2D eigenvalue weighted by Gasteiger charge is 2.33. The quantitative estimate of drug-likeness (QED) is 0.855. The number of anilines is 1. The Morgan fingerprint density at radius 3 is 2.67 bits per heavy atom. The van der Waals surface area contributed by atoms with Crippen LogP contribution in [0.2, 0.25) is 0 Å². The van der Waals surface area contributed by atoms with Crippen LogP contribution in [0.3, 0.4) is 0 Å². The molecule has 2 aromatic rings. The first kappa shape index (κ1) is 14.0. The fraction of sp³-hybridized carbons (Fsp3) is 0.200. The van der Waals surface area contributed by atoms with Gasteiger partial charge in [0, 0.05) is 6.54 Å². The van der Waals surface area contributed by atoms with Crippen molar-refractivity contribution >= 4 is 15.7 Å². The Balaban J connectivity index is 2.14. The molecule has 0 saturated heterocycles. The summed E-state index contributed by atoms with van der Waals surface area (Å²) in [6.07, 6.45) is 0.568. The van der Waals surface area contributed by atoms with Crippen LogP contribution >= 0.6 is 0 Å². The van der Waals surface area contributed by atoms with E-state index in [4.69, 9.17) is 0 Å². The topological polar surface area (TPSA) is 37.4 Å². The minimum Gasteiger partial charge on any atom is -0.266 e. The third kappa shape index (κ3) is 2.19. The average Bonchev–Trinajstić information content (AvgIpc) is 2.87. The number of hydrogen-bond acceptors (Lipinski definition) is 2. The van der Waals surface area contributed by atoms with Crippen LogP contribution in [0.15, 0.2) is 41.3 Å². The molecule has 0 saturated carbocycles. The molecule has 0 atom stereocenters. The Morgan fingerprint density at radius 2 is 1.90 bits per heavy atom. The number of fused-ring (bicyclic) bond motifs is 1. The van der Waals surface area contributed by atoms with Crippen LogP contribution in [0.25, 0.3) is 0 Å². The third-order valence-electron chi connectivity index (χ3n) is 3.68. The standard InChI is InChI=1S/C15H13F2NO2S/c1-10-3-2-4-14-12(10)7-8-18(14)21(19,20)15-9-11(16)5-6-13(15)17/h2-6,9H,7-8H2,1H3. The van der Waals surface area contributed by atoms with Gasteiger partial charge >= 0.3 is 0 Å². The van der Waals surface area contributed by atoms with E-state index in [1.165, 1.54) is 0 Å². The van der Waals surface area contributed by atoms with Gasteiger partial charge in [0.1, 0.15) is 16.5 Å². The summed E-state index contributed by atoms with van der Waals surface area (Å²) >= 11 is 0. The lowest BCUT2D eigenvalue weighted by Crippen LogP contribution is -2.29. The molecule has 0 unspecified atom stereocenters. The van der Waals surface area contributed by atoms with E-state index in [9.17, 15) is 17.2 Å². The lowest BCUT2D eigenvalue weighted by molar-refractivity contribution is 0.551. The lowest BCUT2D eigenvalue weighted by Gasteiger charge is -2.20. The molecule has 0 fully saturated rings. The van der Waals surface area contributed by atoms with Crippen molar-refractivity contribution in [2.75, 3.05) is 10.8 Å². The molecule has 0 aliphatic carbocycles. The van der Waals surface area contributed by atoms with E-state index < -0.39 is 26.6 Å². The molecule has 3 rings (SSSR count). The lowest BCUT2D eigenvalue weighted by atomic mass is 10.1. The van der Waals surface area contributed by atoms with Crippen molar-refractivity contribution in [3.05, 3.63) is 59.2 Å². The molecule has 6 heteroatoms. The Hall–Kier alpha value is -1.95. The maximum atomic E-state index is 13.8. The first-order valence-corrected chi connectivity index (χ1v) is 7.91. The monoisotopic (exact) mass is 309 g/mol. The molecule has 0 bridgehead atoms. The summed E-state index contributed by atoms with van der Waals surface area (Å²) in [5.74, 6) is -1.73. The summed E-state index contributed by atoms with van der Waals surface area (Å²) in [7, 11) is -4.10. The third-order valence-corrected chi connectivity index (χ3v) is 5.51. The summed E-state index contributed by atoms with van der Waals surface area (Å²) in [5, 5.41) is 0.